The highest BCUT2D eigenvalue weighted by Gasteiger charge is 2.17. The zero-order valence-electron chi connectivity index (χ0n) is 17.4. The maximum atomic E-state index is 12.5. The number of amides is 1. The van der Waals surface area contributed by atoms with Gasteiger partial charge in [0.05, 0.1) is 25.5 Å². The first-order valence-electron chi connectivity index (χ1n) is 9.59. The quantitative estimate of drug-likeness (QED) is 0.491. The number of nitrogens with one attached hydrogen (secondary N) is 1. The third-order valence-electron chi connectivity index (χ3n) is 4.17. The van der Waals surface area contributed by atoms with Crippen molar-refractivity contribution >= 4 is 22.4 Å². The first-order valence-corrected chi connectivity index (χ1v) is 10.5. The first-order chi connectivity index (χ1) is 14.5. The Hall–Kier alpha value is -2.82. The van der Waals surface area contributed by atoms with Gasteiger partial charge in [-0.2, -0.15) is 0 Å². The Labute approximate surface area is 179 Å². The molecule has 0 aliphatic carbocycles. The van der Waals surface area contributed by atoms with Crippen LogP contribution in [-0.4, -0.2) is 52.5 Å². The van der Waals surface area contributed by atoms with E-state index in [1.165, 1.54) is 16.0 Å². The second-order valence-electron chi connectivity index (χ2n) is 6.36. The van der Waals surface area contributed by atoms with Gasteiger partial charge in [-0.25, -0.2) is 9.67 Å². The SMILES string of the molecule is CCOC(Cn1cc(C(=O)Nc2nc(-c3cc(C)ccc3OC)cs2)nn1)OCC. The molecule has 0 bridgehead atoms. The van der Waals surface area contributed by atoms with Crippen molar-refractivity contribution in [2.45, 2.75) is 33.6 Å². The number of hydrogen-bond acceptors (Lipinski definition) is 8. The Kier molecular flexibility index (Phi) is 7.50. The number of rotatable bonds is 10. The molecular weight excluding hydrogens is 406 g/mol. The van der Waals surface area contributed by atoms with E-state index in [0.29, 0.717) is 24.9 Å². The van der Waals surface area contributed by atoms with E-state index in [-0.39, 0.29) is 11.6 Å². The number of anilines is 1. The van der Waals surface area contributed by atoms with Crippen LogP contribution < -0.4 is 10.1 Å². The van der Waals surface area contributed by atoms with Gasteiger partial charge in [-0.1, -0.05) is 16.8 Å². The molecule has 3 aromatic rings. The number of hydrogen-bond donors (Lipinski definition) is 1. The van der Waals surface area contributed by atoms with Gasteiger partial charge in [0.15, 0.2) is 17.1 Å². The highest BCUT2D eigenvalue weighted by Crippen LogP contribution is 2.33. The highest BCUT2D eigenvalue weighted by molar-refractivity contribution is 7.14. The number of thiazole rings is 1. The van der Waals surface area contributed by atoms with Crippen LogP contribution in [0.3, 0.4) is 0 Å². The Balaban J connectivity index is 1.68. The van der Waals surface area contributed by atoms with Crippen molar-refractivity contribution in [2.75, 3.05) is 25.6 Å². The van der Waals surface area contributed by atoms with Gasteiger partial charge in [-0.15, -0.1) is 16.4 Å². The number of nitrogens with zero attached hydrogens (tertiary/aromatic N) is 4. The zero-order valence-corrected chi connectivity index (χ0v) is 18.2. The summed E-state index contributed by atoms with van der Waals surface area (Å²) in [5.74, 6) is 0.340. The molecule has 0 aliphatic rings. The summed E-state index contributed by atoms with van der Waals surface area (Å²) in [6, 6.07) is 5.87. The minimum absolute atomic E-state index is 0.187. The Morgan fingerprint density at radius 2 is 2.03 bits per heavy atom. The second-order valence-corrected chi connectivity index (χ2v) is 7.22. The fourth-order valence-corrected chi connectivity index (χ4v) is 3.51. The minimum atomic E-state index is -0.441. The minimum Gasteiger partial charge on any atom is -0.496 e. The lowest BCUT2D eigenvalue weighted by Gasteiger charge is -2.16. The fraction of sp³-hybridized carbons (Fsp3) is 0.400. The zero-order chi connectivity index (χ0) is 21.5. The molecule has 0 radical (unpaired) electrons. The summed E-state index contributed by atoms with van der Waals surface area (Å²) in [5, 5.41) is 13.0. The Bertz CT molecular complexity index is 981. The van der Waals surface area contributed by atoms with E-state index in [9.17, 15) is 4.79 Å². The van der Waals surface area contributed by atoms with E-state index in [1.807, 2.05) is 44.4 Å². The van der Waals surface area contributed by atoms with Crippen LogP contribution in [0.1, 0.15) is 29.9 Å². The molecule has 2 heterocycles. The van der Waals surface area contributed by atoms with Crippen molar-refractivity contribution in [3.63, 3.8) is 0 Å². The molecule has 9 nitrogen and oxygen atoms in total. The van der Waals surface area contributed by atoms with E-state index in [2.05, 4.69) is 20.6 Å². The van der Waals surface area contributed by atoms with Crippen LogP contribution in [0.2, 0.25) is 0 Å². The van der Waals surface area contributed by atoms with Crippen LogP contribution in [-0.2, 0) is 16.0 Å². The van der Waals surface area contributed by atoms with Crippen molar-refractivity contribution in [1.82, 2.24) is 20.0 Å². The molecule has 1 aromatic carbocycles. The maximum Gasteiger partial charge on any atom is 0.279 e. The van der Waals surface area contributed by atoms with Crippen molar-refractivity contribution in [2.24, 2.45) is 0 Å². The second kappa shape index (κ2) is 10.3. The van der Waals surface area contributed by atoms with E-state index in [0.717, 1.165) is 22.6 Å². The molecule has 0 unspecified atom stereocenters. The van der Waals surface area contributed by atoms with Gasteiger partial charge in [0.25, 0.3) is 5.91 Å². The number of carbonyl (C=O) groups excluding carboxylic acids is 1. The number of aryl methyl sites for hydroxylation is 1. The molecule has 0 fully saturated rings. The van der Waals surface area contributed by atoms with E-state index >= 15 is 0 Å². The summed E-state index contributed by atoms with van der Waals surface area (Å²) in [7, 11) is 1.62. The Morgan fingerprint density at radius 3 is 2.73 bits per heavy atom. The lowest BCUT2D eigenvalue weighted by atomic mass is 10.1. The predicted molar refractivity (Wildman–Crippen MR) is 114 cm³/mol. The van der Waals surface area contributed by atoms with E-state index in [1.54, 1.807) is 13.3 Å². The molecule has 0 aliphatic heterocycles. The predicted octanol–water partition coefficient (Wildman–Crippen LogP) is 3.37. The molecule has 1 N–H and O–H groups in total. The number of ether oxygens (including phenoxy) is 3. The standard InChI is InChI=1S/C20H25N5O4S/c1-5-28-18(29-6-2)11-25-10-15(23-24-25)19(26)22-20-21-16(12-30-20)14-9-13(3)7-8-17(14)27-4/h7-10,12,18H,5-6,11H2,1-4H3,(H,21,22,26). The van der Waals surface area contributed by atoms with Gasteiger partial charge in [0.1, 0.15) is 5.75 Å². The fourth-order valence-electron chi connectivity index (χ4n) is 2.81. The van der Waals surface area contributed by atoms with E-state index in [4.69, 9.17) is 14.2 Å². The van der Waals surface area contributed by atoms with Crippen LogP contribution in [0.5, 0.6) is 5.75 Å². The van der Waals surface area contributed by atoms with Crippen LogP contribution in [0.4, 0.5) is 5.13 Å². The molecule has 10 heteroatoms. The summed E-state index contributed by atoms with van der Waals surface area (Å²) in [6.07, 6.45) is 1.11. The molecule has 2 aromatic heterocycles. The topological polar surface area (TPSA) is 100 Å². The first kappa shape index (κ1) is 21.9. The number of methoxy groups -OCH3 is 1. The summed E-state index contributed by atoms with van der Waals surface area (Å²) in [6.45, 7) is 7.16. The average molecular weight is 432 g/mol. The number of aromatic nitrogens is 4. The largest absolute Gasteiger partial charge is 0.496 e. The van der Waals surface area contributed by atoms with Gasteiger partial charge < -0.3 is 14.2 Å². The monoisotopic (exact) mass is 431 g/mol. The molecule has 160 valence electrons. The summed E-state index contributed by atoms with van der Waals surface area (Å²) < 4.78 is 17.9. The van der Waals surface area contributed by atoms with Gasteiger partial charge in [-0.05, 0) is 32.9 Å². The molecule has 3 rings (SSSR count). The summed E-state index contributed by atoms with van der Waals surface area (Å²) in [5.41, 5.74) is 2.89. The van der Waals surface area contributed by atoms with Gasteiger partial charge >= 0.3 is 0 Å². The molecule has 30 heavy (non-hydrogen) atoms. The van der Waals surface area contributed by atoms with Gasteiger partial charge in [0, 0.05) is 24.2 Å². The maximum absolute atomic E-state index is 12.5. The van der Waals surface area contributed by atoms with Crippen molar-refractivity contribution in [3.8, 4) is 17.0 Å². The lowest BCUT2D eigenvalue weighted by Crippen LogP contribution is -2.24. The normalized spacial score (nSPS) is 11.1. The summed E-state index contributed by atoms with van der Waals surface area (Å²) in [4.78, 5) is 17.1. The van der Waals surface area contributed by atoms with Crippen molar-refractivity contribution in [1.29, 1.82) is 0 Å². The number of carbonyl (C=O) groups is 1. The molecule has 0 spiro atoms. The van der Waals surface area contributed by atoms with Gasteiger partial charge in [0.2, 0.25) is 0 Å². The van der Waals surface area contributed by atoms with Crippen LogP contribution in [0, 0.1) is 6.92 Å². The average Bonchev–Trinajstić information content (AvgIpc) is 3.38. The molecule has 0 saturated carbocycles. The van der Waals surface area contributed by atoms with Gasteiger partial charge in [-0.3, -0.25) is 10.1 Å². The van der Waals surface area contributed by atoms with Crippen LogP contribution in [0.25, 0.3) is 11.3 Å². The smallest absolute Gasteiger partial charge is 0.279 e. The lowest BCUT2D eigenvalue weighted by molar-refractivity contribution is -0.145. The molecule has 0 saturated heterocycles. The van der Waals surface area contributed by atoms with E-state index < -0.39 is 6.29 Å². The van der Waals surface area contributed by atoms with Crippen molar-refractivity contribution in [3.05, 3.63) is 41.0 Å². The van der Waals surface area contributed by atoms with Crippen LogP contribution in [0.15, 0.2) is 29.8 Å². The molecule has 1 amide bonds. The highest BCUT2D eigenvalue weighted by atomic mass is 32.1. The third kappa shape index (κ3) is 5.41. The third-order valence-corrected chi connectivity index (χ3v) is 4.93. The van der Waals surface area contributed by atoms with Crippen LogP contribution >= 0.6 is 11.3 Å². The molecular formula is C20H25N5O4S. The molecule has 0 atom stereocenters. The Morgan fingerprint density at radius 1 is 1.27 bits per heavy atom. The van der Waals surface area contributed by atoms with Crippen molar-refractivity contribution < 1.29 is 19.0 Å². The summed E-state index contributed by atoms with van der Waals surface area (Å²) >= 11 is 1.33. The number of benzene rings is 1.